The summed E-state index contributed by atoms with van der Waals surface area (Å²) < 4.78 is 23.1. The van der Waals surface area contributed by atoms with E-state index in [0.717, 1.165) is 26.9 Å². The van der Waals surface area contributed by atoms with Crippen molar-refractivity contribution in [1.29, 1.82) is 0 Å². The van der Waals surface area contributed by atoms with E-state index in [1.165, 1.54) is 11.3 Å². The number of aryl methyl sites for hydroxylation is 1. The fourth-order valence-electron chi connectivity index (χ4n) is 1.79. The van der Waals surface area contributed by atoms with E-state index in [2.05, 4.69) is 26.2 Å². The van der Waals surface area contributed by atoms with Crippen LogP contribution in [0, 0.1) is 6.92 Å². The van der Waals surface area contributed by atoms with Crippen molar-refractivity contribution in [2.45, 2.75) is 13.3 Å². The van der Waals surface area contributed by atoms with Crippen molar-refractivity contribution in [1.82, 2.24) is 4.98 Å². The third-order valence-electron chi connectivity index (χ3n) is 2.86. The fraction of sp³-hybridized carbons (Fsp3) is 0.286. The van der Waals surface area contributed by atoms with E-state index in [-0.39, 0.29) is 18.1 Å². The Hall–Kier alpha value is -1.25. The maximum atomic E-state index is 11.7. The van der Waals surface area contributed by atoms with Crippen LogP contribution in [-0.4, -0.2) is 31.3 Å². The lowest BCUT2D eigenvalue weighted by Gasteiger charge is -2.00. The molecule has 0 saturated heterocycles. The average Bonchev–Trinajstić information content (AvgIpc) is 2.77. The highest BCUT2D eigenvalue weighted by atomic mass is 79.9. The Bertz CT molecular complexity index is 783. The summed E-state index contributed by atoms with van der Waals surface area (Å²) in [5.74, 6) is -0.510. The molecule has 1 N–H and O–H groups in total. The number of nitrogens with one attached hydrogen (secondary N) is 1. The van der Waals surface area contributed by atoms with Crippen LogP contribution in [0.2, 0.25) is 0 Å². The van der Waals surface area contributed by atoms with Gasteiger partial charge in [0.25, 0.3) is 0 Å². The summed E-state index contributed by atoms with van der Waals surface area (Å²) in [7, 11) is -3.14. The maximum absolute atomic E-state index is 11.7. The summed E-state index contributed by atoms with van der Waals surface area (Å²) in [4.78, 5) is 17.1. The number of amides is 1. The number of carbonyl (C=O) groups excluding carboxylic acids is 1. The zero-order chi connectivity index (χ0) is 16.3. The Morgan fingerprint density at radius 1 is 1.32 bits per heavy atom. The average molecular weight is 403 g/mol. The van der Waals surface area contributed by atoms with Gasteiger partial charge in [-0.2, -0.15) is 0 Å². The fourth-order valence-corrected chi connectivity index (χ4v) is 3.46. The molecule has 1 aromatic carbocycles. The Labute approximate surface area is 141 Å². The van der Waals surface area contributed by atoms with Gasteiger partial charge in [0.1, 0.15) is 9.84 Å². The predicted octanol–water partition coefficient (Wildman–Crippen LogP) is 3.25. The highest BCUT2D eigenvalue weighted by Crippen LogP contribution is 2.31. The number of aromatic nitrogens is 1. The SMILES string of the molecule is Cc1sc(NC(=O)CCS(C)(=O)=O)nc1-c1ccc(Br)cc1. The lowest BCUT2D eigenvalue weighted by molar-refractivity contribution is -0.115. The van der Waals surface area contributed by atoms with Crippen LogP contribution < -0.4 is 5.32 Å². The molecule has 5 nitrogen and oxygen atoms in total. The molecule has 0 aliphatic carbocycles. The molecule has 0 saturated carbocycles. The second-order valence-corrected chi connectivity index (χ2v) is 9.24. The molecule has 1 aromatic heterocycles. The number of hydrogen-bond acceptors (Lipinski definition) is 5. The summed E-state index contributed by atoms with van der Waals surface area (Å²) in [6.07, 6.45) is 1.05. The Morgan fingerprint density at radius 2 is 1.95 bits per heavy atom. The van der Waals surface area contributed by atoms with Gasteiger partial charge in [0.2, 0.25) is 5.91 Å². The minimum absolute atomic E-state index is 0.0644. The van der Waals surface area contributed by atoms with Crippen LogP contribution in [-0.2, 0) is 14.6 Å². The van der Waals surface area contributed by atoms with Gasteiger partial charge in [0.05, 0.1) is 11.4 Å². The van der Waals surface area contributed by atoms with Gasteiger partial charge in [-0.1, -0.05) is 28.1 Å². The van der Waals surface area contributed by atoms with Gasteiger partial charge in [0, 0.05) is 27.6 Å². The van der Waals surface area contributed by atoms with Crippen molar-refractivity contribution in [3.05, 3.63) is 33.6 Å². The van der Waals surface area contributed by atoms with E-state index in [1.807, 2.05) is 31.2 Å². The molecule has 0 fully saturated rings. The quantitative estimate of drug-likeness (QED) is 0.832. The summed E-state index contributed by atoms with van der Waals surface area (Å²) in [6.45, 7) is 1.93. The van der Waals surface area contributed by atoms with Crippen LogP contribution in [0.15, 0.2) is 28.7 Å². The molecule has 0 bridgehead atoms. The number of benzene rings is 1. The molecule has 0 spiro atoms. The first-order valence-corrected chi connectivity index (χ1v) is 10.1. The molecule has 2 rings (SSSR count). The maximum Gasteiger partial charge on any atom is 0.227 e. The van der Waals surface area contributed by atoms with Gasteiger partial charge in [-0.05, 0) is 19.1 Å². The van der Waals surface area contributed by atoms with Crippen LogP contribution in [0.25, 0.3) is 11.3 Å². The monoisotopic (exact) mass is 402 g/mol. The normalized spacial score (nSPS) is 11.4. The molecule has 118 valence electrons. The van der Waals surface area contributed by atoms with E-state index in [1.54, 1.807) is 0 Å². The molecule has 8 heteroatoms. The minimum Gasteiger partial charge on any atom is -0.302 e. The molecule has 22 heavy (non-hydrogen) atoms. The third kappa shape index (κ3) is 4.89. The number of rotatable bonds is 5. The van der Waals surface area contributed by atoms with Crippen LogP contribution in [0.5, 0.6) is 0 Å². The van der Waals surface area contributed by atoms with Crippen LogP contribution in [0.1, 0.15) is 11.3 Å². The summed E-state index contributed by atoms with van der Waals surface area (Å²) >= 11 is 4.75. The molecular weight excluding hydrogens is 388 g/mol. The van der Waals surface area contributed by atoms with E-state index in [9.17, 15) is 13.2 Å². The Kier molecular flexibility index (Phi) is 5.36. The summed E-state index contributed by atoms with van der Waals surface area (Å²) in [6, 6.07) is 7.75. The first kappa shape index (κ1) is 17.1. The molecule has 0 aliphatic rings. The molecule has 0 atom stereocenters. The number of anilines is 1. The van der Waals surface area contributed by atoms with E-state index >= 15 is 0 Å². The minimum atomic E-state index is -3.14. The first-order chi connectivity index (χ1) is 10.2. The Balaban J connectivity index is 2.09. The highest BCUT2D eigenvalue weighted by molar-refractivity contribution is 9.10. The largest absolute Gasteiger partial charge is 0.302 e. The molecule has 0 aliphatic heterocycles. The van der Waals surface area contributed by atoms with Gasteiger partial charge in [-0.3, -0.25) is 4.79 Å². The molecule has 2 aromatic rings. The zero-order valence-corrected chi connectivity index (χ0v) is 15.3. The van der Waals surface area contributed by atoms with Crippen molar-refractivity contribution in [3.8, 4) is 11.3 Å². The standard InChI is InChI=1S/C14H15BrN2O3S2/c1-9-13(10-3-5-11(15)6-4-10)17-14(21-9)16-12(18)7-8-22(2,19)20/h3-6H,7-8H2,1-2H3,(H,16,17,18). The Morgan fingerprint density at radius 3 is 2.55 bits per heavy atom. The summed E-state index contributed by atoms with van der Waals surface area (Å²) in [5, 5.41) is 3.13. The zero-order valence-electron chi connectivity index (χ0n) is 12.1. The molecule has 0 radical (unpaired) electrons. The van der Waals surface area contributed by atoms with Crippen LogP contribution >= 0.6 is 27.3 Å². The number of thiazole rings is 1. The number of carbonyl (C=O) groups is 1. The number of hydrogen-bond donors (Lipinski definition) is 1. The second kappa shape index (κ2) is 6.89. The number of sulfone groups is 1. The van der Waals surface area contributed by atoms with Gasteiger partial charge in [-0.15, -0.1) is 11.3 Å². The van der Waals surface area contributed by atoms with E-state index in [0.29, 0.717) is 5.13 Å². The van der Waals surface area contributed by atoms with Crippen molar-refractivity contribution in [3.63, 3.8) is 0 Å². The summed E-state index contributed by atoms with van der Waals surface area (Å²) in [5.41, 5.74) is 1.78. The number of nitrogens with zero attached hydrogens (tertiary/aromatic N) is 1. The molecular formula is C14H15BrN2O3S2. The molecule has 0 unspecified atom stereocenters. The topological polar surface area (TPSA) is 76.1 Å². The van der Waals surface area contributed by atoms with Gasteiger partial charge in [0.15, 0.2) is 5.13 Å². The van der Waals surface area contributed by atoms with Crippen molar-refractivity contribution in [2.75, 3.05) is 17.3 Å². The predicted molar refractivity (Wildman–Crippen MR) is 92.9 cm³/mol. The van der Waals surface area contributed by atoms with E-state index < -0.39 is 9.84 Å². The van der Waals surface area contributed by atoms with Crippen molar-refractivity contribution < 1.29 is 13.2 Å². The van der Waals surface area contributed by atoms with Crippen LogP contribution in [0.4, 0.5) is 5.13 Å². The molecule has 1 heterocycles. The molecule has 1 amide bonds. The van der Waals surface area contributed by atoms with Crippen LogP contribution in [0.3, 0.4) is 0 Å². The van der Waals surface area contributed by atoms with Crippen molar-refractivity contribution in [2.24, 2.45) is 0 Å². The number of halogens is 1. The third-order valence-corrected chi connectivity index (χ3v) is 5.22. The lowest BCUT2D eigenvalue weighted by Crippen LogP contribution is -2.16. The lowest BCUT2D eigenvalue weighted by atomic mass is 10.1. The van der Waals surface area contributed by atoms with Gasteiger partial charge in [-0.25, -0.2) is 13.4 Å². The highest BCUT2D eigenvalue weighted by Gasteiger charge is 2.13. The van der Waals surface area contributed by atoms with Crippen molar-refractivity contribution >= 4 is 48.1 Å². The second-order valence-electron chi connectivity index (χ2n) is 4.86. The first-order valence-electron chi connectivity index (χ1n) is 6.45. The smallest absolute Gasteiger partial charge is 0.227 e. The van der Waals surface area contributed by atoms with Gasteiger partial charge < -0.3 is 5.32 Å². The van der Waals surface area contributed by atoms with Gasteiger partial charge >= 0.3 is 0 Å². The van der Waals surface area contributed by atoms with E-state index in [4.69, 9.17) is 0 Å².